The first-order chi connectivity index (χ1) is 15.3. The van der Waals surface area contributed by atoms with Crippen LogP contribution in [0.1, 0.15) is 22.8 Å². The fourth-order valence-corrected chi connectivity index (χ4v) is 4.79. The number of aromatic nitrogens is 1. The summed E-state index contributed by atoms with van der Waals surface area (Å²) in [7, 11) is 0. The normalized spacial score (nSPS) is 13.1. The molecule has 4 aromatic rings. The number of carbonyl (C=O) groups excluding carboxylic acids is 1. The van der Waals surface area contributed by atoms with Crippen molar-refractivity contribution in [2.75, 3.05) is 16.8 Å². The van der Waals surface area contributed by atoms with Gasteiger partial charge in [-0.25, -0.2) is 4.98 Å². The predicted molar refractivity (Wildman–Crippen MR) is 124 cm³/mol. The molecular weight excluding hydrogens is 406 g/mol. The van der Waals surface area contributed by atoms with E-state index in [-0.39, 0.29) is 5.91 Å². The summed E-state index contributed by atoms with van der Waals surface area (Å²) in [5, 5.41) is 5.25. The van der Waals surface area contributed by atoms with Gasteiger partial charge in [0.15, 0.2) is 11.7 Å². The van der Waals surface area contributed by atoms with E-state index in [4.69, 9.17) is 4.42 Å². The Morgan fingerprint density at radius 1 is 1.10 bits per heavy atom. The summed E-state index contributed by atoms with van der Waals surface area (Å²) in [5.41, 5.74) is 4.28. The van der Waals surface area contributed by atoms with E-state index in [1.807, 2.05) is 59.9 Å². The maximum atomic E-state index is 12.7. The minimum absolute atomic E-state index is 0.0415. The topological polar surface area (TPSA) is 58.4 Å². The van der Waals surface area contributed by atoms with Gasteiger partial charge in [0.1, 0.15) is 0 Å². The zero-order chi connectivity index (χ0) is 21.0. The van der Waals surface area contributed by atoms with Crippen LogP contribution in [0.15, 0.2) is 76.7 Å². The molecule has 0 atom stereocenters. The Kier molecular flexibility index (Phi) is 5.54. The van der Waals surface area contributed by atoms with Crippen molar-refractivity contribution in [1.82, 2.24) is 4.98 Å². The Morgan fingerprint density at radius 2 is 1.94 bits per heavy atom. The molecule has 3 heterocycles. The zero-order valence-corrected chi connectivity index (χ0v) is 17.9. The summed E-state index contributed by atoms with van der Waals surface area (Å²) in [6.45, 7) is 1.84. The Bertz CT molecular complexity index is 1180. The number of hydrogen-bond donors (Lipinski definition) is 1. The number of rotatable bonds is 6. The van der Waals surface area contributed by atoms with Crippen LogP contribution in [0.3, 0.4) is 0 Å². The lowest BCUT2D eigenvalue weighted by Crippen LogP contribution is -2.30. The number of hydrogen-bond acceptors (Lipinski definition) is 5. The number of thiophene rings is 1. The van der Waals surface area contributed by atoms with Gasteiger partial charge in [0.05, 0.1) is 17.6 Å². The first-order valence-electron chi connectivity index (χ1n) is 10.5. The van der Waals surface area contributed by atoms with Crippen molar-refractivity contribution in [1.29, 1.82) is 0 Å². The first kappa shape index (κ1) is 19.6. The van der Waals surface area contributed by atoms with Crippen LogP contribution >= 0.6 is 11.3 Å². The number of para-hydroxylation sites is 2. The largest absolute Gasteiger partial charge is 0.441 e. The number of nitrogens with one attached hydrogen (secondary N) is 1. The molecule has 0 radical (unpaired) electrons. The minimum atomic E-state index is -0.0415. The molecule has 2 aromatic carbocycles. The summed E-state index contributed by atoms with van der Waals surface area (Å²) in [6, 6.07) is 20.1. The number of oxazole rings is 1. The number of anilines is 2. The van der Waals surface area contributed by atoms with Gasteiger partial charge in [0.25, 0.3) is 0 Å². The van der Waals surface area contributed by atoms with Crippen molar-refractivity contribution < 1.29 is 9.21 Å². The quantitative estimate of drug-likeness (QED) is 0.437. The van der Waals surface area contributed by atoms with Crippen LogP contribution in [0.4, 0.5) is 11.4 Å². The fraction of sp³-hybridized carbons (Fsp3) is 0.200. The van der Waals surface area contributed by atoms with Crippen LogP contribution < -0.4 is 10.2 Å². The Balaban J connectivity index is 1.22. The molecule has 1 amide bonds. The van der Waals surface area contributed by atoms with Gasteiger partial charge in [-0.2, -0.15) is 0 Å². The Labute approximate surface area is 185 Å². The molecule has 5 nitrogen and oxygen atoms in total. The standard InChI is InChI=1S/C25H23N3O2S/c29-24(10-11-25-26-16-22(30-25)18-6-2-1-3-7-18)27-20-8-4-5-9-21(20)28-14-12-23-19(17-28)13-15-31-23/h1-9,13,15-16H,10-12,14,17H2,(H,27,29). The number of nitrogens with zero attached hydrogens (tertiary/aromatic N) is 2. The molecule has 0 fully saturated rings. The summed E-state index contributed by atoms with van der Waals surface area (Å²) < 4.78 is 5.82. The van der Waals surface area contributed by atoms with Gasteiger partial charge in [-0.05, 0) is 35.6 Å². The highest BCUT2D eigenvalue weighted by Gasteiger charge is 2.20. The molecule has 0 bridgehead atoms. The average molecular weight is 430 g/mol. The van der Waals surface area contributed by atoms with Crippen molar-refractivity contribution in [3.63, 3.8) is 0 Å². The van der Waals surface area contributed by atoms with E-state index in [0.29, 0.717) is 18.7 Å². The van der Waals surface area contributed by atoms with Gasteiger partial charge in [0, 0.05) is 36.4 Å². The van der Waals surface area contributed by atoms with E-state index in [0.717, 1.165) is 42.2 Å². The number of benzene rings is 2. The van der Waals surface area contributed by atoms with Gasteiger partial charge < -0.3 is 14.6 Å². The number of aryl methyl sites for hydroxylation is 1. The third-order valence-electron chi connectivity index (χ3n) is 5.50. The van der Waals surface area contributed by atoms with E-state index in [1.165, 1.54) is 10.4 Å². The van der Waals surface area contributed by atoms with Gasteiger partial charge in [-0.3, -0.25) is 4.79 Å². The third kappa shape index (κ3) is 4.39. The highest BCUT2D eigenvalue weighted by atomic mass is 32.1. The monoisotopic (exact) mass is 429 g/mol. The maximum absolute atomic E-state index is 12.7. The Morgan fingerprint density at radius 3 is 2.84 bits per heavy atom. The molecule has 0 unspecified atom stereocenters. The van der Waals surface area contributed by atoms with Gasteiger partial charge in [-0.1, -0.05) is 42.5 Å². The summed E-state index contributed by atoms with van der Waals surface area (Å²) in [5.74, 6) is 1.25. The van der Waals surface area contributed by atoms with Crippen LogP contribution in [0.2, 0.25) is 0 Å². The zero-order valence-electron chi connectivity index (χ0n) is 17.1. The van der Waals surface area contributed by atoms with Crippen molar-refractivity contribution in [2.45, 2.75) is 25.8 Å². The third-order valence-corrected chi connectivity index (χ3v) is 6.53. The van der Waals surface area contributed by atoms with Crippen LogP contribution in [0.5, 0.6) is 0 Å². The fourth-order valence-electron chi connectivity index (χ4n) is 3.90. The first-order valence-corrected chi connectivity index (χ1v) is 11.3. The molecular formula is C25H23N3O2S. The molecule has 0 spiro atoms. The van der Waals surface area contributed by atoms with Crippen LogP contribution in [0.25, 0.3) is 11.3 Å². The van der Waals surface area contributed by atoms with E-state index < -0.39 is 0 Å². The van der Waals surface area contributed by atoms with E-state index in [2.05, 4.69) is 32.7 Å². The minimum Gasteiger partial charge on any atom is -0.441 e. The number of amides is 1. The van der Waals surface area contributed by atoms with Gasteiger partial charge >= 0.3 is 0 Å². The maximum Gasteiger partial charge on any atom is 0.224 e. The molecule has 1 N–H and O–H groups in total. The summed E-state index contributed by atoms with van der Waals surface area (Å²) >= 11 is 1.83. The average Bonchev–Trinajstić information content (AvgIpc) is 3.48. The summed E-state index contributed by atoms with van der Waals surface area (Å²) in [6.07, 6.45) is 3.54. The molecule has 2 aromatic heterocycles. The van der Waals surface area contributed by atoms with Crippen LogP contribution in [-0.4, -0.2) is 17.4 Å². The van der Waals surface area contributed by atoms with E-state index >= 15 is 0 Å². The lowest BCUT2D eigenvalue weighted by molar-refractivity contribution is -0.116. The molecule has 1 aliphatic heterocycles. The SMILES string of the molecule is O=C(CCc1ncc(-c2ccccc2)o1)Nc1ccccc1N1CCc2sccc2C1. The van der Waals surface area contributed by atoms with Crippen LogP contribution in [-0.2, 0) is 24.2 Å². The van der Waals surface area contributed by atoms with Crippen molar-refractivity contribution in [3.05, 3.63) is 88.6 Å². The van der Waals surface area contributed by atoms with E-state index in [1.54, 1.807) is 6.20 Å². The second-order valence-corrected chi connectivity index (χ2v) is 8.59. The molecule has 31 heavy (non-hydrogen) atoms. The van der Waals surface area contributed by atoms with Crippen LogP contribution in [0, 0.1) is 0 Å². The predicted octanol–water partition coefficient (Wildman–Crippen LogP) is 5.54. The van der Waals surface area contributed by atoms with Crippen molar-refractivity contribution in [2.24, 2.45) is 0 Å². The van der Waals surface area contributed by atoms with E-state index in [9.17, 15) is 4.79 Å². The lowest BCUT2D eigenvalue weighted by atomic mass is 10.1. The molecule has 5 rings (SSSR count). The lowest BCUT2D eigenvalue weighted by Gasteiger charge is -2.30. The molecule has 0 saturated heterocycles. The number of fused-ring (bicyclic) bond motifs is 1. The summed E-state index contributed by atoms with van der Waals surface area (Å²) in [4.78, 5) is 20.8. The smallest absolute Gasteiger partial charge is 0.224 e. The molecule has 156 valence electrons. The molecule has 0 saturated carbocycles. The molecule has 0 aliphatic carbocycles. The van der Waals surface area contributed by atoms with Gasteiger partial charge in [-0.15, -0.1) is 11.3 Å². The second-order valence-electron chi connectivity index (χ2n) is 7.59. The van der Waals surface area contributed by atoms with Gasteiger partial charge in [0.2, 0.25) is 5.91 Å². The molecule has 6 heteroatoms. The highest BCUT2D eigenvalue weighted by Crippen LogP contribution is 2.32. The van der Waals surface area contributed by atoms with Crippen molar-refractivity contribution in [3.8, 4) is 11.3 Å². The van der Waals surface area contributed by atoms with Crippen molar-refractivity contribution >= 4 is 28.6 Å². The Hall–Kier alpha value is -3.38. The molecule has 1 aliphatic rings. The highest BCUT2D eigenvalue weighted by molar-refractivity contribution is 7.10. The number of carbonyl (C=O) groups is 1. The second kappa shape index (κ2) is 8.78.